The van der Waals surface area contributed by atoms with E-state index in [2.05, 4.69) is 10.3 Å². The molecule has 0 aromatic heterocycles. The molecule has 0 radical (unpaired) electrons. The summed E-state index contributed by atoms with van der Waals surface area (Å²) in [6.07, 6.45) is 3.88. The van der Waals surface area contributed by atoms with Crippen LogP contribution in [0.2, 0.25) is 0 Å². The van der Waals surface area contributed by atoms with Gasteiger partial charge >= 0.3 is 0 Å². The highest BCUT2D eigenvalue weighted by atomic mass is 32.2. The second-order valence-electron chi connectivity index (χ2n) is 6.18. The summed E-state index contributed by atoms with van der Waals surface area (Å²) < 4.78 is 11.0. The monoisotopic (exact) mass is 378 g/mol. The van der Waals surface area contributed by atoms with Gasteiger partial charge in [0.05, 0.1) is 17.7 Å². The molecular formula is C21H18N2O3S. The summed E-state index contributed by atoms with van der Waals surface area (Å²) >= 11 is 1.34. The first-order chi connectivity index (χ1) is 13.1. The number of thioether (sulfide) groups is 1. The summed E-state index contributed by atoms with van der Waals surface area (Å²) in [5.74, 6) is 1.39. The maximum absolute atomic E-state index is 12.3. The third kappa shape index (κ3) is 3.75. The van der Waals surface area contributed by atoms with Crippen LogP contribution in [-0.4, -0.2) is 24.8 Å². The van der Waals surface area contributed by atoms with Crippen LogP contribution < -0.4 is 14.8 Å². The molecule has 4 rings (SSSR count). The van der Waals surface area contributed by atoms with Crippen LogP contribution in [0, 0.1) is 6.92 Å². The van der Waals surface area contributed by atoms with E-state index in [1.54, 1.807) is 7.11 Å². The maximum Gasteiger partial charge on any atom is 0.264 e. The number of aryl methyl sites for hydroxylation is 1. The van der Waals surface area contributed by atoms with Crippen molar-refractivity contribution in [2.24, 2.45) is 4.99 Å². The van der Waals surface area contributed by atoms with Crippen LogP contribution in [0.3, 0.4) is 0 Å². The number of nitrogens with zero attached hydrogens (tertiary/aromatic N) is 1. The first kappa shape index (κ1) is 17.4. The second kappa shape index (κ2) is 7.32. The largest absolute Gasteiger partial charge is 0.497 e. The normalized spacial score (nSPS) is 18.7. The third-order valence-electron chi connectivity index (χ3n) is 4.26. The van der Waals surface area contributed by atoms with Crippen LogP contribution in [-0.2, 0) is 4.79 Å². The zero-order valence-electron chi connectivity index (χ0n) is 15.0. The third-order valence-corrected chi connectivity index (χ3v) is 5.17. The molecule has 0 atom stereocenters. The van der Waals surface area contributed by atoms with Gasteiger partial charge in [0.15, 0.2) is 5.17 Å². The molecule has 2 aliphatic heterocycles. The number of carbonyl (C=O) groups excluding carboxylic acids is 1. The number of fused-ring (bicyclic) bond motifs is 1. The number of aliphatic imine (C=N–C) groups is 1. The number of para-hydroxylation sites is 1. The second-order valence-corrected chi connectivity index (χ2v) is 7.21. The van der Waals surface area contributed by atoms with Gasteiger partial charge < -0.3 is 14.8 Å². The van der Waals surface area contributed by atoms with Crippen LogP contribution in [0.4, 0.5) is 5.69 Å². The van der Waals surface area contributed by atoms with E-state index >= 15 is 0 Å². The highest BCUT2D eigenvalue weighted by Crippen LogP contribution is 2.33. The van der Waals surface area contributed by atoms with E-state index in [4.69, 9.17) is 9.47 Å². The summed E-state index contributed by atoms with van der Waals surface area (Å²) in [5, 5.41) is 3.41. The molecular weight excluding hydrogens is 360 g/mol. The molecule has 0 saturated carbocycles. The van der Waals surface area contributed by atoms with Gasteiger partial charge in [-0.1, -0.05) is 18.2 Å². The van der Waals surface area contributed by atoms with Gasteiger partial charge in [-0.25, -0.2) is 4.99 Å². The van der Waals surface area contributed by atoms with Crippen molar-refractivity contribution < 1.29 is 14.3 Å². The lowest BCUT2D eigenvalue weighted by atomic mass is 10.1. The fourth-order valence-corrected chi connectivity index (χ4v) is 3.67. The summed E-state index contributed by atoms with van der Waals surface area (Å²) in [6.45, 7) is 2.40. The number of rotatable bonds is 3. The van der Waals surface area contributed by atoms with Crippen LogP contribution in [0.15, 0.2) is 64.0 Å². The number of benzene rings is 2. The van der Waals surface area contributed by atoms with Gasteiger partial charge in [0.1, 0.15) is 18.1 Å². The van der Waals surface area contributed by atoms with Gasteiger partial charge in [0.25, 0.3) is 5.91 Å². The number of nitrogens with one attached hydrogen (secondary N) is 1. The number of carbonyl (C=O) groups is 1. The predicted molar refractivity (Wildman–Crippen MR) is 109 cm³/mol. The van der Waals surface area contributed by atoms with Crippen molar-refractivity contribution >= 4 is 34.6 Å². The minimum Gasteiger partial charge on any atom is -0.497 e. The van der Waals surface area contributed by atoms with Crippen molar-refractivity contribution in [3.05, 3.63) is 70.1 Å². The molecule has 1 saturated heterocycles. The Balaban J connectivity index is 1.57. The zero-order valence-corrected chi connectivity index (χ0v) is 15.8. The molecule has 1 N–H and O–H groups in total. The Bertz CT molecular complexity index is 1010. The number of hydrogen-bond donors (Lipinski definition) is 1. The summed E-state index contributed by atoms with van der Waals surface area (Å²) in [7, 11) is 1.63. The van der Waals surface area contributed by atoms with Crippen molar-refractivity contribution in [2.75, 3.05) is 13.7 Å². The first-order valence-corrected chi connectivity index (χ1v) is 9.30. The Kier molecular flexibility index (Phi) is 4.73. The van der Waals surface area contributed by atoms with Gasteiger partial charge in [-0.05, 0) is 60.2 Å². The molecule has 2 aromatic rings. The van der Waals surface area contributed by atoms with Gasteiger partial charge in [-0.15, -0.1) is 0 Å². The molecule has 5 nitrogen and oxygen atoms in total. The Morgan fingerprint density at radius 1 is 1.26 bits per heavy atom. The zero-order chi connectivity index (χ0) is 18.8. The van der Waals surface area contributed by atoms with Crippen molar-refractivity contribution in [3.63, 3.8) is 0 Å². The fraction of sp³-hybridized carbons (Fsp3) is 0.143. The predicted octanol–water partition coefficient (Wildman–Crippen LogP) is 4.21. The van der Waals surface area contributed by atoms with E-state index in [9.17, 15) is 4.79 Å². The van der Waals surface area contributed by atoms with E-state index in [1.165, 1.54) is 11.8 Å². The van der Waals surface area contributed by atoms with Crippen molar-refractivity contribution in [1.82, 2.24) is 5.32 Å². The van der Waals surface area contributed by atoms with Crippen LogP contribution in [0.25, 0.3) is 6.08 Å². The quantitative estimate of drug-likeness (QED) is 0.813. The van der Waals surface area contributed by atoms with Crippen molar-refractivity contribution in [2.45, 2.75) is 6.92 Å². The lowest BCUT2D eigenvalue weighted by Crippen LogP contribution is -2.19. The molecule has 0 bridgehead atoms. The van der Waals surface area contributed by atoms with Crippen molar-refractivity contribution in [3.8, 4) is 11.5 Å². The molecule has 6 heteroatoms. The molecule has 0 unspecified atom stereocenters. The lowest BCUT2D eigenvalue weighted by Gasteiger charge is -2.17. The van der Waals surface area contributed by atoms with Gasteiger partial charge in [-0.3, -0.25) is 4.79 Å². The van der Waals surface area contributed by atoms with E-state index < -0.39 is 0 Å². The Morgan fingerprint density at radius 2 is 2.11 bits per heavy atom. The van der Waals surface area contributed by atoms with E-state index in [-0.39, 0.29) is 5.91 Å². The highest BCUT2D eigenvalue weighted by Gasteiger charge is 2.25. The molecule has 27 heavy (non-hydrogen) atoms. The number of amides is 1. The SMILES string of the molecule is COc1ccc2c(c1)OCC(C=C1SC(=Nc3ccccc3C)NC1=O)=C2. The number of amidine groups is 1. The molecule has 1 amide bonds. The molecule has 0 aliphatic carbocycles. The van der Waals surface area contributed by atoms with Gasteiger partial charge in [0.2, 0.25) is 0 Å². The molecule has 0 spiro atoms. The summed E-state index contributed by atoms with van der Waals surface area (Å²) in [6, 6.07) is 13.5. The Morgan fingerprint density at radius 3 is 2.93 bits per heavy atom. The van der Waals surface area contributed by atoms with Gasteiger partial charge in [-0.2, -0.15) is 0 Å². The minimum absolute atomic E-state index is 0.145. The van der Waals surface area contributed by atoms with Crippen LogP contribution in [0.1, 0.15) is 11.1 Å². The highest BCUT2D eigenvalue weighted by molar-refractivity contribution is 8.18. The average molecular weight is 378 g/mol. The average Bonchev–Trinajstić information content (AvgIpc) is 3.02. The summed E-state index contributed by atoms with van der Waals surface area (Å²) in [5.41, 5.74) is 3.81. The van der Waals surface area contributed by atoms with Crippen LogP contribution >= 0.6 is 11.8 Å². The minimum atomic E-state index is -0.145. The van der Waals surface area contributed by atoms with E-state index in [1.807, 2.05) is 61.5 Å². The smallest absolute Gasteiger partial charge is 0.264 e. The molecule has 136 valence electrons. The standard InChI is InChI=1S/C21H18N2O3S/c1-13-5-3-4-6-17(13)22-21-23-20(24)19(27-21)10-14-9-15-7-8-16(25-2)11-18(15)26-12-14/h3-11H,12H2,1-2H3,(H,22,23,24). The molecule has 1 fully saturated rings. The fourth-order valence-electron chi connectivity index (χ4n) is 2.82. The van der Waals surface area contributed by atoms with E-state index in [0.717, 1.165) is 33.9 Å². The Hall–Kier alpha value is -2.99. The number of ether oxygens (including phenoxy) is 2. The summed E-state index contributed by atoms with van der Waals surface area (Å²) in [4.78, 5) is 17.5. The van der Waals surface area contributed by atoms with Crippen molar-refractivity contribution in [1.29, 1.82) is 0 Å². The van der Waals surface area contributed by atoms with Gasteiger partial charge in [0, 0.05) is 11.6 Å². The topological polar surface area (TPSA) is 59.9 Å². The number of methoxy groups -OCH3 is 1. The lowest BCUT2D eigenvalue weighted by molar-refractivity contribution is -0.115. The van der Waals surface area contributed by atoms with E-state index in [0.29, 0.717) is 16.7 Å². The number of hydrogen-bond acceptors (Lipinski definition) is 5. The molecule has 2 heterocycles. The molecule has 2 aliphatic rings. The first-order valence-electron chi connectivity index (χ1n) is 8.49. The van der Waals surface area contributed by atoms with Crippen LogP contribution in [0.5, 0.6) is 11.5 Å². The maximum atomic E-state index is 12.3. The Labute approximate surface area is 161 Å². The molecule has 2 aromatic carbocycles.